The van der Waals surface area contributed by atoms with Gasteiger partial charge in [-0.3, -0.25) is 0 Å². The van der Waals surface area contributed by atoms with Crippen molar-refractivity contribution < 1.29 is 4.74 Å². The number of benzene rings is 1. The van der Waals surface area contributed by atoms with Crippen LogP contribution in [0.5, 0.6) is 5.75 Å². The molecule has 6 heteroatoms. The van der Waals surface area contributed by atoms with E-state index in [2.05, 4.69) is 37.6 Å². The lowest BCUT2D eigenvalue weighted by Crippen LogP contribution is -2.33. The van der Waals surface area contributed by atoms with Gasteiger partial charge in [-0.05, 0) is 37.8 Å². The van der Waals surface area contributed by atoms with Gasteiger partial charge in [-0.1, -0.05) is 51.2 Å². The van der Waals surface area contributed by atoms with Crippen molar-refractivity contribution >= 4 is 27.3 Å². The normalized spacial score (nSPS) is 16.5. The number of hydrogen-bond acceptors (Lipinski definition) is 5. The van der Waals surface area contributed by atoms with Gasteiger partial charge >= 0.3 is 0 Å². The third-order valence-electron chi connectivity index (χ3n) is 5.06. The largest absolute Gasteiger partial charge is 0.493 e. The van der Waals surface area contributed by atoms with Crippen molar-refractivity contribution in [2.75, 3.05) is 24.6 Å². The molecule has 1 aliphatic heterocycles. The number of amidine groups is 1. The summed E-state index contributed by atoms with van der Waals surface area (Å²) in [5.41, 5.74) is 8.22. The van der Waals surface area contributed by atoms with Crippen LogP contribution in [0.2, 0.25) is 0 Å². The number of thiazole rings is 1. The lowest BCUT2D eigenvalue weighted by Gasteiger charge is -2.33. The number of nitrogens with two attached hydrogens (primary N) is 1. The second-order valence-corrected chi connectivity index (χ2v) is 9.45. The molecular formula is C22H32N4OS. The van der Waals surface area contributed by atoms with Crippen molar-refractivity contribution in [3.63, 3.8) is 0 Å². The fraction of sp³-hybridized carbons (Fsp3) is 0.545. The van der Waals surface area contributed by atoms with Gasteiger partial charge in [0, 0.05) is 18.5 Å². The van der Waals surface area contributed by atoms with E-state index in [1.54, 1.807) is 11.3 Å². The molecule has 0 saturated carbocycles. The molecule has 0 radical (unpaired) electrons. The van der Waals surface area contributed by atoms with Gasteiger partial charge in [0.25, 0.3) is 0 Å². The lowest BCUT2D eigenvalue weighted by molar-refractivity contribution is 0.339. The van der Waals surface area contributed by atoms with Crippen molar-refractivity contribution in [1.82, 2.24) is 4.98 Å². The molecule has 0 aliphatic carbocycles. The number of hydrogen-bond donors (Lipinski definition) is 1. The maximum atomic E-state index is 6.35. The zero-order valence-electron chi connectivity index (χ0n) is 17.7. The highest BCUT2D eigenvalue weighted by molar-refractivity contribution is 7.19. The molecule has 2 heterocycles. The summed E-state index contributed by atoms with van der Waals surface area (Å²) in [5, 5.41) is 1.95. The third kappa shape index (κ3) is 4.66. The summed E-state index contributed by atoms with van der Waals surface area (Å²) < 4.78 is 5.70. The Morgan fingerprint density at radius 1 is 1.29 bits per heavy atom. The van der Waals surface area contributed by atoms with Crippen molar-refractivity contribution in [1.29, 1.82) is 0 Å². The van der Waals surface area contributed by atoms with Crippen LogP contribution >= 0.6 is 11.3 Å². The van der Waals surface area contributed by atoms with Crippen molar-refractivity contribution in [3.05, 3.63) is 35.5 Å². The first-order valence-corrected chi connectivity index (χ1v) is 10.9. The standard InChI is InChI=1S/C22H32N4OS/c1-6-27-17-10-8-7-9-16(17)19(23)25-21-24-18(22(3,4)5)20(28-21)26-13-11-15(2)12-14-26/h7-10,15H,6,11-14H2,1-5H3,(H2,23,24,25). The Hall–Kier alpha value is -2.08. The smallest absolute Gasteiger partial charge is 0.213 e. The maximum Gasteiger partial charge on any atom is 0.213 e. The van der Waals surface area contributed by atoms with E-state index in [0.29, 0.717) is 17.6 Å². The van der Waals surface area contributed by atoms with E-state index >= 15 is 0 Å². The Morgan fingerprint density at radius 2 is 1.96 bits per heavy atom. The van der Waals surface area contributed by atoms with Crippen LogP contribution in [-0.4, -0.2) is 30.5 Å². The van der Waals surface area contributed by atoms with Crippen LogP contribution in [0, 0.1) is 5.92 Å². The van der Waals surface area contributed by atoms with Crippen LogP contribution in [0.1, 0.15) is 58.7 Å². The predicted molar refractivity (Wildman–Crippen MR) is 119 cm³/mol. The molecule has 1 aliphatic rings. The molecule has 0 spiro atoms. The first kappa shape index (κ1) is 20.6. The van der Waals surface area contributed by atoms with Crippen LogP contribution in [0.15, 0.2) is 29.3 Å². The number of para-hydroxylation sites is 1. The second kappa shape index (κ2) is 8.52. The monoisotopic (exact) mass is 400 g/mol. The second-order valence-electron chi connectivity index (χ2n) is 8.50. The van der Waals surface area contributed by atoms with Gasteiger partial charge in [-0.15, -0.1) is 0 Å². The number of ether oxygens (including phenoxy) is 1. The molecule has 3 rings (SSSR count). The number of anilines is 1. The summed E-state index contributed by atoms with van der Waals surface area (Å²) >= 11 is 1.64. The van der Waals surface area contributed by atoms with Gasteiger partial charge in [-0.2, -0.15) is 0 Å². The molecule has 1 aromatic heterocycles. The summed E-state index contributed by atoms with van der Waals surface area (Å²) in [7, 11) is 0. The minimum atomic E-state index is -0.0410. The fourth-order valence-electron chi connectivity index (χ4n) is 3.39. The lowest BCUT2D eigenvalue weighted by atomic mass is 9.91. The average molecular weight is 401 g/mol. The Kier molecular flexibility index (Phi) is 6.28. The van der Waals surface area contributed by atoms with Gasteiger partial charge in [0.2, 0.25) is 5.13 Å². The van der Waals surface area contributed by atoms with Gasteiger partial charge in [0.15, 0.2) is 0 Å². The zero-order chi connectivity index (χ0) is 20.3. The van der Waals surface area contributed by atoms with E-state index in [1.165, 1.54) is 17.8 Å². The summed E-state index contributed by atoms with van der Waals surface area (Å²) in [6.07, 6.45) is 2.45. The molecule has 1 saturated heterocycles. The van der Waals surface area contributed by atoms with Gasteiger partial charge in [-0.25, -0.2) is 9.98 Å². The molecule has 0 atom stereocenters. The van der Waals surface area contributed by atoms with E-state index < -0.39 is 0 Å². The van der Waals surface area contributed by atoms with Crippen LogP contribution < -0.4 is 15.4 Å². The highest BCUT2D eigenvalue weighted by Gasteiger charge is 2.28. The van der Waals surface area contributed by atoms with Crippen LogP contribution in [0.3, 0.4) is 0 Å². The minimum absolute atomic E-state index is 0.0410. The molecule has 1 aromatic carbocycles. The average Bonchev–Trinajstić information content (AvgIpc) is 3.07. The van der Waals surface area contributed by atoms with Crippen LogP contribution in [0.4, 0.5) is 10.1 Å². The first-order chi connectivity index (χ1) is 13.3. The molecule has 2 N–H and O–H groups in total. The van der Waals surface area contributed by atoms with E-state index in [1.807, 2.05) is 31.2 Å². The SMILES string of the molecule is CCOc1ccccc1C(N)=Nc1nc(C(C)(C)C)c(N2CCC(C)CC2)s1. The topological polar surface area (TPSA) is 63.7 Å². The summed E-state index contributed by atoms with van der Waals surface area (Å²) in [6, 6.07) is 7.75. The Morgan fingerprint density at radius 3 is 2.61 bits per heavy atom. The number of aliphatic imine (C=N–C) groups is 1. The molecule has 5 nitrogen and oxygen atoms in total. The molecule has 2 aromatic rings. The molecule has 0 amide bonds. The molecular weight excluding hydrogens is 368 g/mol. The molecule has 152 valence electrons. The maximum absolute atomic E-state index is 6.35. The van der Waals surface area contributed by atoms with E-state index in [0.717, 1.165) is 36.0 Å². The van der Waals surface area contributed by atoms with Gasteiger partial charge in [0.1, 0.15) is 16.6 Å². The molecule has 0 unspecified atom stereocenters. The quantitative estimate of drug-likeness (QED) is 0.559. The third-order valence-corrected chi connectivity index (χ3v) is 6.07. The Labute approximate surface area is 172 Å². The number of piperidine rings is 1. The van der Waals surface area contributed by atoms with Gasteiger partial charge in [0.05, 0.1) is 17.9 Å². The van der Waals surface area contributed by atoms with Crippen molar-refractivity contribution in [3.8, 4) is 5.75 Å². The van der Waals surface area contributed by atoms with E-state index in [9.17, 15) is 0 Å². The predicted octanol–water partition coefficient (Wildman–Crippen LogP) is 5.11. The fourth-order valence-corrected chi connectivity index (χ4v) is 4.60. The Balaban J connectivity index is 1.95. The molecule has 28 heavy (non-hydrogen) atoms. The van der Waals surface area contributed by atoms with Crippen molar-refractivity contribution in [2.45, 2.75) is 52.9 Å². The number of rotatable bonds is 5. The first-order valence-electron chi connectivity index (χ1n) is 10.1. The van der Waals surface area contributed by atoms with Crippen LogP contribution in [0.25, 0.3) is 0 Å². The van der Waals surface area contributed by atoms with E-state index in [-0.39, 0.29) is 5.41 Å². The van der Waals surface area contributed by atoms with Crippen LogP contribution in [-0.2, 0) is 5.41 Å². The van der Waals surface area contributed by atoms with E-state index in [4.69, 9.17) is 15.5 Å². The highest BCUT2D eigenvalue weighted by atomic mass is 32.1. The number of nitrogens with zero attached hydrogens (tertiary/aromatic N) is 3. The summed E-state index contributed by atoms with van der Waals surface area (Å²) in [5.74, 6) is 1.99. The Bertz CT molecular complexity index is 829. The summed E-state index contributed by atoms with van der Waals surface area (Å²) in [4.78, 5) is 12.0. The molecule has 0 bridgehead atoms. The minimum Gasteiger partial charge on any atom is -0.493 e. The zero-order valence-corrected chi connectivity index (χ0v) is 18.5. The number of aromatic nitrogens is 1. The van der Waals surface area contributed by atoms with Gasteiger partial charge < -0.3 is 15.4 Å². The molecule has 1 fully saturated rings. The van der Waals surface area contributed by atoms with Crippen molar-refractivity contribution in [2.24, 2.45) is 16.6 Å². The highest BCUT2D eigenvalue weighted by Crippen LogP contribution is 2.41. The summed E-state index contributed by atoms with van der Waals surface area (Å²) in [6.45, 7) is 13.7.